The Hall–Kier alpha value is -1.96. The van der Waals surface area contributed by atoms with Gasteiger partial charge >= 0.3 is 0 Å². The highest BCUT2D eigenvalue weighted by Crippen LogP contribution is 2.28. The van der Waals surface area contributed by atoms with Crippen LogP contribution in [0.5, 0.6) is 0 Å². The summed E-state index contributed by atoms with van der Waals surface area (Å²) in [7, 11) is 0. The van der Waals surface area contributed by atoms with E-state index in [1.807, 2.05) is 6.07 Å². The molecule has 0 spiro atoms. The molecule has 1 atom stereocenters. The number of nitrogens with zero attached hydrogens (tertiary/aromatic N) is 2. The summed E-state index contributed by atoms with van der Waals surface area (Å²) in [6.07, 6.45) is 3.53. The summed E-state index contributed by atoms with van der Waals surface area (Å²) in [4.78, 5) is 31.4. The van der Waals surface area contributed by atoms with E-state index in [1.165, 1.54) is 16.2 Å². The molecule has 1 aromatic carbocycles. The Labute approximate surface area is 153 Å². The molecule has 0 bridgehead atoms. The van der Waals surface area contributed by atoms with E-state index in [-0.39, 0.29) is 17.9 Å². The van der Waals surface area contributed by atoms with Gasteiger partial charge in [0.2, 0.25) is 0 Å². The molecule has 2 aromatic rings. The van der Waals surface area contributed by atoms with Crippen molar-refractivity contribution >= 4 is 40.4 Å². The van der Waals surface area contributed by atoms with Crippen LogP contribution in [0.3, 0.4) is 0 Å². The maximum atomic E-state index is 12.6. The topological polar surface area (TPSA) is 71.5 Å². The number of ether oxygens (including phenoxy) is 1. The van der Waals surface area contributed by atoms with Crippen LogP contribution in [0, 0.1) is 0 Å². The molecule has 1 aromatic heterocycles. The minimum Gasteiger partial charge on any atom is -0.380 e. The van der Waals surface area contributed by atoms with Crippen molar-refractivity contribution in [3.05, 3.63) is 44.9 Å². The van der Waals surface area contributed by atoms with Gasteiger partial charge in [0.25, 0.3) is 11.8 Å². The number of fused-ring (bicyclic) bond motifs is 1. The van der Waals surface area contributed by atoms with E-state index in [4.69, 9.17) is 16.3 Å². The van der Waals surface area contributed by atoms with E-state index < -0.39 is 0 Å². The first-order chi connectivity index (χ1) is 12.1. The van der Waals surface area contributed by atoms with Gasteiger partial charge in [-0.15, -0.1) is 11.3 Å². The molecule has 8 heteroatoms. The fourth-order valence-electron chi connectivity index (χ4n) is 3.11. The van der Waals surface area contributed by atoms with Crippen molar-refractivity contribution in [3.63, 3.8) is 0 Å². The predicted molar refractivity (Wildman–Crippen MR) is 95.2 cm³/mol. The molecule has 6 nitrogen and oxygen atoms in total. The van der Waals surface area contributed by atoms with E-state index in [2.05, 4.69) is 10.3 Å². The van der Waals surface area contributed by atoms with Crippen LogP contribution in [0.15, 0.2) is 24.4 Å². The van der Waals surface area contributed by atoms with Gasteiger partial charge in [0.15, 0.2) is 4.47 Å². The maximum absolute atomic E-state index is 12.6. The third kappa shape index (κ3) is 3.27. The summed E-state index contributed by atoms with van der Waals surface area (Å²) in [5.41, 5.74) is 1.67. The molecule has 25 heavy (non-hydrogen) atoms. The summed E-state index contributed by atoms with van der Waals surface area (Å²) in [5.74, 6) is -0.490. The van der Waals surface area contributed by atoms with E-state index in [0.29, 0.717) is 35.3 Å². The molecule has 1 saturated heterocycles. The Morgan fingerprint density at radius 2 is 2.16 bits per heavy atom. The van der Waals surface area contributed by atoms with Gasteiger partial charge in [0.05, 0.1) is 30.3 Å². The zero-order valence-corrected chi connectivity index (χ0v) is 14.9. The number of benzene rings is 1. The molecule has 1 unspecified atom stereocenters. The second-order valence-electron chi connectivity index (χ2n) is 6.05. The zero-order valence-electron chi connectivity index (χ0n) is 13.3. The van der Waals surface area contributed by atoms with Crippen LogP contribution in [0.4, 0.5) is 5.69 Å². The third-order valence-corrected chi connectivity index (χ3v) is 5.49. The number of nitrogens with one attached hydrogen (secondary N) is 1. The molecule has 0 aliphatic carbocycles. The molecule has 2 aliphatic heterocycles. The van der Waals surface area contributed by atoms with Gasteiger partial charge in [-0.25, -0.2) is 4.98 Å². The summed E-state index contributed by atoms with van der Waals surface area (Å²) < 4.78 is 6.05. The van der Waals surface area contributed by atoms with Crippen molar-refractivity contribution < 1.29 is 14.3 Å². The normalized spacial score (nSPS) is 19.6. The third-order valence-electron chi connectivity index (χ3n) is 4.37. The lowest BCUT2D eigenvalue weighted by Gasteiger charge is -2.17. The lowest BCUT2D eigenvalue weighted by molar-refractivity contribution is 0.0475. The van der Waals surface area contributed by atoms with Crippen LogP contribution < -0.4 is 5.32 Å². The number of anilines is 1. The number of rotatable bonds is 5. The number of aromatic nitrogens is 1. The van der Waals surface area contributed by atoms with Crippen molar-refractivity contribution in [2.45, 2.75) is 25.5 Å². The van der Waals surface area contributed by atoms with Gasteiger partial charge in [0, 0.05) is 23.4 Å². The van der Waals surface area contributed by atoms with E-state index >= 15 is 0 Å². The first-order valence-corrected chi connectivity index (χ1v) is 9.27. The molecule has 2 amide bonds. The number of carbonyl (C=O) groups excluding carboxylic acids is 2. The van der Waals surface area contributed by atoms with Crippen LogP contribution >= 0.6 is 22.9 Å². The SMILES string of the molecule is O=C1c2ccc(NCc3cnc(Cl)s3)cc2C(=O)N1CC1CCCO1. The highest BCUT2D eigenvalue weighted by molar-refractivity contribution is 7.15. The van der Waals surface area contributed by atoms with Crippen molar-refractivity contribution in [2.75, 3.05) is 18.5 Å². The minimum atomic E-state index is -0.250. The first-order valence-electron chi connectivity index (χ1n) is 8.08. The van der Waals surface area contributed by atoms with Crippen LogP contribution in [0.2, 0.25) is 4.47 Å². The van der Waals surface area contributed by atoms with Crippen molar-refractivity contribution in [1.29, 1.82) is 0 Å². The average Bonchev–Trinajstić information content (AvgIpc) is 3.32. The van der Waals surface area contributed by atoms with Crippen LogP contribution in [-0.4, -0.2) is 41.0 Å². The Kier molecular flexibility index (Phi) is 4.45. The molecule has 130 valence electrons. The van der Waals surface area contributed by atoms with Crippen molar-refractivity contribution in [2.24, 2.45) is 0 Å². The second-order valence-corrected chi connectivity index (χ2v) is 7.75. The van der Waals surface area contributed by atoms with Crippen molar-refractivity contribution in [3.8, 4) is 0 Å². The quantitative estimate of drug-likeness (QED) is 0.810. The zero-order chi connectivity index (χ0) is 17.4. The van der Waals surface area contributed by atoms with Crippen LogP contribution in [0.1, 0.15) is 38.4 Å². The fourth-order valence-corrected chi connectivity index (χ4v) is 4.03. The fraction of sp³-hybridized carbons (Fsp3) is 0.353. The molecule has 0 saturated carbocycles. The molecule has 1 N–H and O–H groups in total. The van der Waals surface area contributed by atoms with Gasteiger partial charge in [0.1, 0.15) is 0 Å². The predicted octanol–water partition coefficient (Wildman–Crippen LogP) is 3.18. The van der Waals surface area contributed by atoms with Gasteiger partial charge < -0.3 is 10.1 Å². The molecule has 0 radical (unpaired) electrons. The number of hydrogen-bond acceptors (Lipinski definition) is 6. The van der Waals surface area contributed by atoms with E-state index in [1.54, 1.807) is 18.3 Å². The summed E-state index contributed by atoms with van der Waals surface area (Å²) in [5, 5.41) is 3.23. The van der Waals surface area contributed by atoms with Crippen LogP contribution in [-0.2, 0) is 11.3 Å². The average molecular weight is 378 g/mol. The summed E-state index contributed by atoms with van der Waals surface area (Å²) in [6.45, 7) is 1.59. The smallest absolute Gasteiger partial charge is 0.261 e. The Morgan fingerprint density at radius 3 is 2.88 bits per heavy atom. The minimum absolute atomic E-state index is 0.0455. The van der Waals surface area contributed by atoms with Crippen LogP contribution in [0.25, 0.3) is 0 Å². The lowest BCUT2D eigenvalue weighted by atomic mass is 10.1. The highest BCUT2D eigenvalue weighted by Gasteiger charge is 2.37. The Morgan fingerprint density at radius 1 is 1.32 bits per heavy atom. The number of imide groups is 1. The highest BCUT2D eigenvalue weighted by atomic mass is 35.5. The van der Waals surface area contributed by atoms with E-state index in [9.17, 15) is 9.59 Å². The molecule has 2 aliphatic rings. The van der Waals surface area contributed by atoms with Gasteiger partial charge in [-0.2, -0.15) is 0 Å². The molecular weight excluding hydrogens is 362 g/mol. The van der Waals surface area contributed by atoms with Crippen molar-refractivity contribution in [1.82, 2.24) is 9.88 Å². The molecule has 1 fully saturated rings. The lowest BCUT2D eigenvalue weighted by Crippen LogP contribution is -2.36. The monoisotopic (exact) mass is 377 g/mol. The number of amides is 2. The number of thiazole rings is 1. The summed E-state index contributed by atoms with van der Waals surface area (Å²) in [6, 6.07) is 5.24. The molecular formula is C17H16ClN3O3S. The Balaban J connectivity index is 1.48. The number of halogens is 1. The van der Waals surface area contributed by atoms with E-state index in [0.717, 1.165) is 23.4 Å². The van der Waals surface area contributed by atoms with Gasteiger partial charge in [-0.1, -0.05) is 11.6 Å². The number of hydrogen-bond donors (Lipinski definition) is 1. The number of carbonyl (C=O) groups is 2. The summed E-state index contributed by atoms with van der Waals surface area (Å²) >= 11 is 7.22. The Bertz CT molecular complexity index is 832. The standard InChI is InChI=1S/C17H16ClN3O3S/c18-17-20-8-12(25-17)7-19-10-3-4-13-14(6-10)16(23)21(15(13)22)9-11-2-1-5-24-11/h3-4,6,8,11,19H,1-2,5,7,9H2. The molecule has 3 heterocycles. The largest absolute Gasteiger partial charge is 0.380 e. The molecule has 4 rings (SSSR count). The van der Waals surface area contributed by atoms with Gasteiger partial charge in [-0.05, 0) is 31.0 Å². The second kappa shape index (κ2) is 6.74. The van der Waals surface area contributed by atoms with Gasteiger partial charge in [-0.3, -0.25) is 14.5 Å². The maximum Gasteiger partial charge on any atom is 0.261 e. The first kappa shape index (κ1) is 16.5.